The van der Waals surface area contributed by atoms with Crippen molar-refractivity contribution in [1.29, 1.82) is 0 Å². The molecular weight excluding hydrogens is 216 g/mol. The fraction of sp³-hybridized carbons (Fsp3) is 0.900. The van der Waals surface area contributed by atoms with Crippen LogP contribution >= 0.6 is 23.5 Å². The zero-order chi connectivity index (χ0) is 10.6. The first-order valence-corrected chi connectivity index (χ1v) is 6.98. The molecule has 1 rings (SSSR count). The van der Waals surface area contributed by atoms with Crippen LogP contribution in [0.3, 0.4) is 0 Å². The molecule has 0 radical (unpaired) electrons. The van der Waals surface area contributed by atoms with Crippen LogP contribution < -0.4 is 0 Å². The predicted molar refractivity (Wildman–Crippen MR) is 63.8 cm³/mol. The summed E-state index contributed by atoms with van der Waals surface area (Å²) in [6.45, 7) is 6.80. The van der Waals surface area contributed by atoms with Crippen LogP contribution in [0, 0.1) is 0 Å². The van der Waals surface area contributed by atoms with Gasteiger partial charge in [-0.05, 0) is 20.3 Å². The van der Waals surface area contributed by atoms with Gasteiger partial charge < -0.3 is 4.74 Å². The van der Waals surface area contributed by atoms with Gasteiger partial charge in [0, 0.05) is 10.3 Å². The standard InChI is InChI=1S/C10H18O2S2/c1-4-5-6-12-9(11)10(3)7-13-8(2)14-10/h8H,4-7H2,1-3H3. The molecule has 4 heteroatoms. The van der Waals surface area contributed by atoms with E-state index in [1.54, 1.807) is 11.8 Å². The van der Waals surface area contributed by atoms with Crippen LogP contribution in [0.15, 0.2) is 0 Å². The van der Waals surface area contributed by atoms with Gasteiger partial charge in [-0.2, -0.15) is 0 Å². The Bertz CT molecular complexity index is 208. The summed E-state index contributed by atoms with van der Waals surface area (Å²) < 4.78 is 5.45. The van der Waals surface area contributed by atoms with Gasteiger partial charge in [-0.25, -0.2) is 0 Å². The maximum absolute atomic E-state index is 11.7. The third kappa shape index (κ3) is 3.09. The van der Waals surface area contributed by atoms with Crippen LogP contribution in [0.5, 0.6) is 0 Å². The van der Waals surface area contributed by atoms with Gasteiger partial charge in [0.15, 0.2) is 0 Å². The number of hydrogen-bond acceptors (Lipinski definition) is 4. The van der Waals surface area contributed by atoms with E-state index in [1.807, 2.05) is 18.7 Å². The molecule has 0 aromatic rings. The number of ether oxygens (including phenoxy) is 1. The highest BCUT2D eigenvalue weighted by atomic mass is 32.2. The average Bonchev–Trinajstić information content (AvgIpc) is 2.48. The second-order valence-electron chi connectivity index (χ2n) is 3.72. The fourth-order valence-electron chi connectivity index (χ4n) is 1.28. The fourth-order valence-corrected chi connectivity index (χ4v) is 4.43. The number of rotatable bonds is 4. The molecule has 0 aromatic carbocycles. The van der Waals surface area contributed by atoms with E-state index in [0.717, 1.165) is 18.6 Å². The summed E-state index contributed by atoms with van der Waals surface area (Å²) >= 11 is 3.56. The van der Waals surface area contributed by atoms with Crippen LogP contribution in [0.1, 0.15) is 33.6 Å². The monoisotopic (exact) mass is 234 g/mol. The van der Waals surface area contributed by atoms with Crippen molar-refractivity contribution in [1.82, 2.24) is 0 Å². The van der Waals surface area contributed by atoms with Crippen LogP contribution in [0.25, 0.3) is 0 Å². The second kappa shape index (κ2) is 5.31. The van der Waals surface area contributed by atoms with Gasteiger partial charge in [0.2, 0.25) is 0 Å². The highest BCUT2D eigenvalue weighted by Gasteiger charge is 2.42. The lowest BCUT2D eigenvalue weighted by molar-refractivity contribution is -0.145. The van der Waals surface area contributed by atoms with Gasteiger partial charge in [-0.1, -0.05) is 13.3 Å². The van der Waals surface area contributed by atoms with E-state index in [0.29, 0.717) is 11.2 Å². The summed E-state index contributed by atoms with van der Waals surface area (Å²) in [6, 6.07) is 0. The van der Waals surface area contributed by atoms with E-state index in [4.69, 9.17) is 4.74 Å². The zero-order valence-corrected chi connectivity index (χ0v) is 10.7. The number of carbonyl (C=O) groups is 1. The molecule has 1 saturated heterocycles. The summed E-state index contributed by atoms with van der Waals surface area (Å²) in [6.07, 6.45) is 2.04. The van der Waals surface area contributed by atoms with Crippen molar-refractivity contribution >= 4 is 29.5 Å². The maximum Gasteiger partial charge on any atom is 0.322 e. The van der Waals surface area contributed by atoms with E-state index in [1.165, 1.54) is 0 Å². The number of hydrogen-bond donors (Lipinski definition) is 0. The molecule has 1 heterocycles. The minimum absolute atomic E-state index is 0.0344. The molecule has 82 valence electrons. The SMILES string of the molecule is CCCCOC(=O)C1(C)CSC(C)S1. The van der Waals surface area contributed by atoms with Crippen molar-refractivity contribution in [2.45, 2.75) is 42.9 Å². The van der Waals surface area contributed by atoms with Crippen molar-refractivity contribution in [2.24, 2.45) is 0 Å². The molecule has 0 aliphatic carbocycles. The second-order valence-corrected chi connectivity index (χ2v) is 7.19. The molecule has 0 aromatic heterocycles. The lowest BCUT2D eigenvalue weighted by Gasteiger charge is -2.19. The highest BCUT2D eigenvalue weighted by molar-refractivity contribution is 8.21. The molecule has 0 N–H and O–H groups in total. The van der Waals surface area contributed by atoms with Crippen LogP contribution in [0.4, 0.5) is 0 Å². The van der Waals surface area contributed by atoms with Crippen LogP contribution in [0.2, 0.25) is 0 Å². The number of unbranched alkanes of at least 4 members (excludes halogenated alkanes) is 1. The lowest BCUT2D eigenvalue weighted by atomic mass is 10.2. The first kappa shape index (κ1) is 12.2. The van der Waals surface area contributed by atoms with E-state index in [-0.39, 0.29) is 10.7 Å². The van der Waals surface area contributed by atoms with Crippen LogP contribution in [-0.4, -0.2) is 27.7 Å². The molecule has 0 saturated carbocycles. The third-order valence-corrected chi connectivity index (χ3v) is 5.44. The molecule has 1 aliphatic heterocycles. The smallest absolute Gasteiger partial charge is 0.322 e. The quantitative estimate of drug-likeness (QED) is 0.552. The highest BCUT2D eigenvalue weighted by Crippen LogP contribution is 2.45. The molecule has 1 fully saturated rings. The molecule has 14 heavy (non-hydrogen) atoms. The minimum atomic E-state index is -0.308. The number of thioether (sulfide) groups is 2. The van der Waals surface area contributed by atoms with Crippen molar-refractivity contribution in [3.8, 4) is 0 Å². The number of esters is 1. The van der Waals surface area contributed by atoms with E-state index < -0.39 is 0 Å². The van der Waals surface area contributed by atoms with E-state index >= 15 is 0 Å². The number of carbonyl (C=O) groups excluding carboxylic acids is 1. The Labute approximate surface area is 94.5 Å². The minimum Gasteiger partial charge on any atom is -0.465 e. The zero-order valence-electron chi connectivity index (χ0n) is 9.04. The van der Waals surface area contributed by atoms with Gasteiger partial charge in [0.1, 0.15) is 4.75 Å². The summed E-state index contributed by atoms with van der Waals surface area (Å²) in [5.41, 5.74) is 0. The molecule has 0 spiro atoms. The first-order chi connectivity index (χ1) is 6.58. The van der Waals surface area contributed by atoms with Crippen molar-refractivity contribution in [3.63, 3.8) is 0 Å². The molecule has 2 unspecified atom stereocenters. The lowest BCUT2D eigenvalue weighted by Crippen LogP contribution is -2.34. The summed E-state index contributed by atoms with van der Waals surface area (Å²) in [5.74, 6) is 0.844. The summed E-state index contributed by atoms with van der Waals surface area (Å²) in [4.78, 5) is 11.7. The van der Waals surface area contributed by atoms with E-state index in [2.05, 4.69) is 13.8 Å². The Hall–Kier alpha value is 0.170. The van der Waals surface area contributed by atoms with Crippen molar-refractivity contribution < 1.29 is 9.53 Å². The Kier molecular flexibility index (Phi) is 4.64. The van der Waals surface area contributed by atoms with Crippen molar-refractivity contribution in [2.75, 3.05) is 12.4 Å². The normalized spacial score (nSPS) is 31.8. The molecule has 0 bridgehead atoms. The predicted octanol–water partition coefficient (Wildman–Crippen LogP) is 2.91. The Balaban J connectivity index is 2.36. The van der Waals surface area contributed by atoms with Gasteiger partial charge in [0.25, 0.3) is 0 Å². The first-order valence-electron chi connectivity index (χ1n) is 5.05. The van der Waals surface area contributed by atoms with Gasteiger partial charge in [-0.15, -0.1) is 23.5 Å². The molecule has 0 amide bonds. The van der Waals surface area contributed by atoms with E-state index in [9.17, 15) is 4.79 Å². The molecule has 2 atom stereocenters. The third-order valence-electron chi connectivity index (χ3n) is 2.18. The Morgan fingerprint density at radius 3 is 2.86 bits per heavy atom. The molecule has 1 aliphatic rings. The van der Waals surface area contributed by atoms with Crippen LogP contribution in [-0.2, 0) is 9.53 Å². The largest absolute Gasteiger partial charge is 0.465 e. The molecular formula is C10H18O2S2. The van der Waals surface area contributed by atoms with Crippen molar-refractivity contribution in [3.05, 3.63) is 0 Å². The molecule has 2 nitrogen and oxygen atoms in total. The van der Waals surface area contributed by atoms with Gasteiger partial charge >= 0.3 is 5.97 Å². The Morgan fingerprint density at radius 2 is 2.36 bits per heavy atom. The maximum atomic E-state index is 11.7. The topological polar surface area (TPSA) is 26.3 Å². The van der Waals surface area contributed by atoms with Gasteiger partial charge in [0.05, 0.1) is 6.61 Å². The Morgan fingerprint density at radius 1 is 1.64 bits per heavy atom. The summed E-state index contributed by atoms with van der Waals surface area (Å²) in [5, 5.41) is 0. The summed E-state index contributed by atoms with van der Waals surface area (Å²) in [7, 11) is 0. The average molecular weight is 234 g/mol. The van der Waals surface area contributed by atoms with Gasteiger partial charge in [-0.3, -0.25) is 4.79 Å².